The molecular weight excluding hydrogens is 360 g/mol. The van der Waals surface area contributed by atoms with Crippen molar-refractivity contribution in [1.82, 2.24) is 4.98 Å². The minimum absolute atomic E-state index is 0.0781. The maximum Gasteiger partial charge on any atom is 0.325 e. The number of fused-ring (bicyclic) bond motifs is 1. The SMILES string of the molecule is C[C@@H]1Cc2ccccc2N1C(=O)c1csc(NC(=O)Nc2ccccc2)n1. The highest BCUT2D eigenvalue weighted by molar-refractivity contribution is 7.14. The Morgan fingerprint density at radius 3 is 2.63 bits per heavy atom. The molecule has 0 fully saturated rings. The fourth-order valence-corrected chi connectivity index (χ4v) is 3.89. The zero-order valence-electron chi connectivity index (χ0n) is 14.7. The lowest BCUT2D eigenvalue weighted by atomic mass is 10.1. The van der Waals surface area contributed by atoms with E-state index in [0.29, 0.717) is 16.5 Å². The van der Waals surface area contributed by atoms with Crippen LogP contribution in [-0.4, -0.2) is 23.0 Å². The van der Waals surface area contributed by atoms with Gasteiger partial charge in [-0.25, -0.2) is 9.78 Å². The van der Waals surface area contributed by atoms with Crippen LogP contribution in [0.4, 0.5) is 21.3 Å². The molecule has 7 heteroatoms. The molecule has 136 valence electrons. The number of hydrogen-bond donors (Lipinski definition) is 2. The monoisotopic (exact) mass is 378 g/mol. The molecule has 1 aliphatic heterocycles. The second-order valence-electron chi connectivity index (χ2n) is 6.34. The van der Waals surface area contributed by atoms with Gasteiger partial charge in [0.05, 0.1) is 0 Å². The largest absolute Gasteiger partial charge is 0.325 e. The van der Waals surface area contributed by atoms with Gasteiger partial charge in [0.1, 0.15) is 5.69 Å². The number of aromatic nitrogens is 1. The molecule has 0 saturated heterocycles. The first-order valence-corrected chi connectivity index (χ1v) is 9.50. The Kier molecular flexibility index (Phi) is 4.60. The Morgan fingerprint density at radius 1 is 1.07 bits per heavy atom. The third-order valence-electron chi connectivity index (χ3n) is 4.40. The molecule has 0 unspecified atom stereocenters. The zero-order chi connectivity index (χ0) is 18.8. The average molecular weight is 378 g/mol. The number of carbonyl (C=O) groups excluding carboxylic acids is 2. The van der Waals surface area contributed by atoms with E-state index in [0.717, 1.165) is 17.7 Å². The van der Waals surface area contributed by atoms with Crippen LogP contribution in [0.1, 0.15) is 23.0 Å². The molecule has 3 aromatic rings. The molecule has 2 aromatic carbocycles. The van der Waals surface area contributed by atoms with Crippen LogP contribution in [0.5, 0.6) is 0 Å². The van der Waals surface area contributed by atoms with E-state index in [9.17, 15) is 9.59 Å². The molecule has 0 aliphatic carbocycles. The molecule has 0 spiro atoms. The van der Waals surface area contributed by atoms with Crippen LogP contribution in [0.15, 0.2) is 60.0 Å². The molecule has 1 aromatic heterocycles. The lowest BCUT2D eigenvalue weighted by Gasteiger charge is -2.21. The van der Waals surface area contributed by atoms with Crippen molar-refractivity contribution in [3.05, 3.63) is 71.2 Å². The molecule has 4 rings (SSSR count). The first kappa shape index (κ1) is 17.2. The van der Waals surface area contributed by atoms with Gasteiger partial charge in [0.25, 0.3) is 5.91 Å². The summed E-state index contributed by atoms with van der Waals surface area (Å²) in [5.41, 5.74) is 3.11. The van der Waals surface area contributed by atoms with E-state index >= 15 is 0 Å². The maximum absolute atomic E-state index is 13.0. The molecule has 0 bridgehead atoms. The normalized spacial score (nSPS) is 15.3. The van der Waals surface area contributed by atoms with E-state index in [1.807, 2.05) is 49.4 Å². The number of rotatable bonds is 3. The smallest absolute Gasteiger partial charge is 0.308 e. The first-order chi connectivity index (χ1) is 13.1. The van der Waals surface area contributed by atoms with Crippen molar-refractivity contribution in [2.24, 2.45) is 0 Å². The average Bonchev–Trinajstić information content (AvgIpc) is 3.25. The highest BCUT2D eigenvalue weighted by Crippen LogP contribution is 2.33. The van der Waals surface area contributed by atoms with Crippen LogP contribution >= 0.6 is 11.3 Å². The van der Waals surface area contributed by atoms with Gasteiger partial charge < -0.3 is 10.2 Å². The Morgan fingerprint density at radius 2 is 1.81 bits per heavy atom. The summed E-state index contributed by atoms with van der Waals surface area (Å²) in [4.78, 5) is 31.1. The first-order valence-electron chi connectivity index (χ1n) is 8.62. The van der Waals surface area contributed by atoms with Crippen LogP contribution in [0.3, 0.4) is 0 Å². The molecule has 27 heavy (non-hydrogen) atoms. The van der Waals surface area contributed by atoms with E-state index in [2.05, 4.69) is 15.6 Å². The van der Waals surface area contributed by atoms with Crippen LogP contribution in [0.25, 0.3) is 0 Å². The second-order valence-corrected chi connectivity index (χ2v) is 7.20. The van der Waals surface area contributed by atoms with Crippen LogP contribution in [0.2, 0.25) is 0 Å². The molecule has 1 atom stereocenters. The fraction of sp³-hybridized carbons (Fsp3) is 0.150. The van der Waals surface area contributed by atoms with E-state index in [-0.39, 0.29) is 11.9 Å². The number of thiazole rings is 1. The summed E-state index contributed by atoms with van der Waals surface area (Å²) in [6.07, 6.45) is 0.830. The number of para-hydroxylation sites is 2. The number of carbonyl (C=O) groups is 2. The summed E-state index contributed by atoms with van der Waals surface area (Å²) >= 11 is 1.23. The zero-order valence-corrected chi connectivity index (χ0v) is 15.5. The molecule has 6 nitrogen and oxygen atoms in total. The Balaban J connectivity index is 1.46. The fourth-order valence-electron chi connectivity index (χ4n) is 3.21. The van der Waals surface area contributed by atoms with Crippen LogP contribution in [-0.2, 0) is 6.42 Å². The molecule has 3 amide bonds. The van der Waals surface area contributed by atoms with Gasteiger partial charge in [0.15, 0.2) is 5.13 Å². The summed E-state index contributed by atoms with van der Waals surface area (Å²) in [7, 11) is 0. The number of anilines is 3. The van der Waals surface area contributed by atoms with Crippen molar-refractivity contribution >= 4 is 39.8 Å². The Hall–Kier alpha value is -3.19. The van der Waals surface area contributed by atoms with Gasteiger partial charge in [-0.1, -0.05) is 36.4 Å². The Labute approximate surface area is 160 Å². The lowest BCUT2D eigenvalue weighted by molar-refractivity contribution is 0.0977. The van der Waals surface area contributed by atoms with Gasteiger partial charge >= 0.3 is 6.03 Å². The minimum atomic E-state index is -0.394. The van der Waals surface area contributed by atoms with E-state index < -0.39 is 6.03 Å². The summed E-state index contributed by atoms with van der Waals surface area (Å²) in [5, 5.41) is 7.45. The van der Waals surface area contributed by atoms with E-state index in [1.54, 1.807) is 22.4 Å². The number of nitrogens with one attached hydrogen (secondary N) is 2. The number of benzene rings is 2. The van der Waals surface area contributed by atoms with Gasteiger partial charge in [0.2, 0.25) is 0 Å². The standard InChI is InChI=1S/C20H18N4O2S/c1-13-11-14-7-5-6-10-17(14)24(13)18(25)16-12-27-20(22-16)23-19(26)21-15-8-3-2-4-9-15/h2-10,12-13H,11H2,1H3,(H2,21,22,23,26)/t13-/m1/s1. The summed E-state index contributed by atoms with van der Waals surface area (Å²) < 4.78 is 0. The highest BCUT2D eigenvalue weighted by atomic mass is 32.1. The third kappa shape index (κ3) is 3.54. The summed E-state index contributed by atoms with van der Waals surface area (Å²) in [5.74, 6) is -0.153. The van der Waals surface area contributed by atoms with Crippen LogP contribution < -0.4 is 15.5 Å². The topological polar surface area (TPSA) is 74.3 Å². The number of amides is 3. The number of hydrogen-bond acceptors (Lipinski definition) is 4. The molecule has 0 saturated carbocycles. The third-order valence-corrected chi connectivity index (χ3v) is 5.16. The van der Waals surface area contributed by atoms with Gasteiger partial charge in [-0.05, 0) is 37.1 Å². The molecule has 1 aliphatic rings. The van der Waals surface area contributed by atoms with Gasteiger partial charge in [-0.3, -0.25) is 10.1 Å². The van der Waals surface area contributed by atoms with Crippen molar-refractivity contribution in [2.75, 3.05) is 15.5 Å². The maximum atomic E-state index is 13.0. The van der Waals surface area contributed by atoms with Crippen molar-refractivity contribution in [2.45, 2.75) is 19.4 Å². The lowest BCUT2D eigenvalue weighted by Crippen LogP contribution is -2.35. The highest BCUT2D eigenvalue weighted by Gasteiger charge is 2.32. The van der Waals surface area contributed by atoms with Crippen LogP contribution in [0, 0.1) is 0 Å². The predicted molar refractivity (Wildman–Crippen MR) is 108 cm³/mol. The second kappa shape index (κ2) is 7.20. The van der Waals surface area contributed by atoms with Gasteiger partial charge in [0, 0.05) is 22.8 Å². The Bertz CT molecular complexity index is 986. The van der Waals surface area contributed by atoms with Gasteiger partial charge in [-0.2, -0.15) is 0 Å². The molecule has 2 heterocycles. The quantitative estimate of drug-likeness (QED) is 0.710. The van der Waals surface area contributed by atoms with Gasteiger partial charge in [-0.15, -0.1) is 11.3 Å². The molecule has 2 N–H and O–H groups in total. The van der Waals surface area contributed by atoms with Crippen molar-refractivity contribution < 1.29 is 9.59 Å². The van der Waals surface area contributed by atoms with E-state index in [4.69, 9.17) is 0 Å². The van der Waals surface area contributed by atoms with Crippen molar-refractivity contribution in [3.63, 3.8) is 0 Å². The molecule has 0 radical (unpaired) electrons. The van der Waals surface area contributed by atoms with E-state index in [1.165, 1.54) is 11.3 Å². The van der Waals surface area contributed by atoms with Crippen molar-refractivity contribution in [3.8, 4) is 0 Å². The predicted octanol–water partition coefficient (Wildman–Crippen LogP) is 4.38. The summed E-state index contributed by atoms with van der Waals surface area (Å²) in [6.45, 7) is 2.02. The number of nitrogens with zero attached hydrogens (tertiary/aromatic N) is 2. The number of urea groups is 1. The van der Waals surface area contributed by atoms with Crippen molar-refractivity contribution in [1.29, 1.82) is 0 Å². The summed E-state index contributed by atoms with van der Waals surface area (Å²) in [6, 6.07) is 16.7. The molecular formula is C20H18N4O2S. The minimum Gasteiger partial charge on any atom is -0.308 e.